The second-order valence-corrected chi connectivity index (χ2v) is 4.24. The summed E-state index contributed by atoms with van der Waals surface area (Å²) in [5.41, 5.74) is 0.687. The highest BCUT2D eigenvalue weighted by atomic mass is 16.3. The van der Waals surface area contributed by atoms with Gasteiger partial charge in [0.15, 0.2) is 0 Å². The van der Waals surface area contributed by atoms with Crippen molar-refractivity contribution in [1.29, 1.82) is 0 Å². The van der Waals surface area contributed by atoms with E-state index in [9.17, 15) is 4.79 Å². The van der Waals surface area contributed by atoms with Crippen molar-refractivity contribution in [2.45, 2.75) is 26.2 Å². The van der Waals surface area contributed by atoms with E-state index in [0.29, 0.717) is 18.0 Å². The molecule has 1 atom stereocenters. The van der Waals surface area contributed by atoms with Gasteiger partial charge in [0.2, 0.25) is 0 Å². The van der Waals surface area contributed by atoms with E-state index in [1.807, 2.05) is 18.2 Å². The van der Waals surface area contributed by atoms with E-state index in [4.69, 9.17) is 5.11 Å². The van der Waals surface area contributed by atoms with E-state index in [1.54, 1.807) is 12.1 Å². The molecular weight excluding hydrogens is 214 g/mol. The van der Waals surface area contributed by atoms with Crippen LogP contribution in [-0.4, -0.2) is 24.2 Å². The number of rotatable bonds is 7. The molecule has 1 amide bonds. The van der Waals surface area contributed by atoms with Crippen LogP contribution in [0.1, 0.15) is 36.5 Å². The number of benzene rings is 1. The molecule has 0 heterocycles. The van der Waals surface area contributed by atoms with Crippen molar-refractivity contribution in [2.24, 2.45) is 5.92 Å². The molecule has 0 aliphatic carbocycles. The SMILES string of the molecule is CCCC(CCO)CNC(=O)c1ccccc1. The zero-order valence-electron chi connectivity index (χ0n) is 10.4. The normalized spacial score (nSPS) is 12.1. The Labute approximate surface area is 103 Å². The first kappa shape index (κ1) is 13.7. The molecule has 1 aromatic rings. The Kier molecular flexibility index (Phi) is 6.33. The lowest BCUT2D eigenvalue weighted by Gasteiger charge is -2.15. The monoisotopic (exact) mass is 235 g/mol. The van der Waals surface area contributed by atoms with Crippen molar-refractivity contribution >= 4 is 5.91 Å². The third kappa shape index (κ3) is 5.00. The number of carbonyl (C=O) groups excluding carboxylic acids is 1. The predicted molar refractivity (Wildman–Crippen MR) is 68.9 cm³/mol. The van der Waals surface area contributed by atoms with Crippen LogP contribution in [-0.2, 0) is 0 Å². The standard InChI is InChI=1S/C14H21NO2/c1-2-6-12(9-10-16)11-15-14(17)13-7-4-3-5-8-13/h3-5,7-8,12,16H,2,6,9-11H2,1H3,(H,15,17). The Balaban J connectivity index is 2.41. The van der Waals surface area contributed by atoms with Crippen molar-refractivity contribution in [1.82, 2.24) is 5.32 Å². The van der Waals surface area contributed by atoms with Crippen molar-refractivity contribution in [3.63, 3.8) is 0 Å². The van der Waals surface area contributed by atoms with E-state index in [1.165, 1.54) is 0 Å². The van der Waals surface area contributed by atoms with Gasteiger partial charge in [0.25, 0.3) is 5.91 Å². The van der Waals surface area contributed by atoms with E-state index in [2.05, 4.69) is 12.2 Å². The number of hydrogen-bond acceptors (Lipinski definition) is 2. The molecule has 0 fully saturated rings. The Morgan fingerprint density at radius 3 is 2.59 bits per heavy atom. The lowest BCUT2D eigenvalue weighted by Crippen LogP contribution is -2.29. The summed E-state index contributed by atoms with van der Waals surface area (Å²) >= 11 is 0. The van der Waals surface area contributed by atoms with Gasteiger partial charge >= 0.3 is 0 Å². The van der Waals surface area contributed by atoms with E-state index >= 15 is 0 Å². The first-order valence-corrected chi connectivity index (χ1v) is 6.22. The van der Waals surface area contributed by atoms with E-state index in [-0.39, 0.29) is 12.5 Å². The van der Waals surface area contributed by atoms with Crippen LogP contribution in [0.5, 0.6) is 0 Å². The van der Waals surface area contributed by atoms with Crippen molar-refractivity contribution < 1.29 is 9.90 Å². The van der Waals surface area contributed by atoms with Gasteiger partial charge in [0.1, 0.15) is 0 Å². The molecule has 0 aliphatic rings. The molecule has 1 unspecified atom stereocenters. The molecule has 0 aromatic heterocycles. The Bertz CT molecular complexity index is 318. The fourth-order valence-corrected chi connectivity index (χ4v) is 1.87. The minimum absolute atomic E-state index is 0.0374. The molecule has 2 N–H and O–H groups in total. The molecular formula is C14H21NO2. The third-order valence-corrected chi connectivity index (χ3v) is 2.82. The van der Waals surface area contributed by atoms with Crippen molar-refractivity contribution in [3.8, 4) is 0 Å². The molecule has 3 heteroatoms. The molecule has 0 aliphatic heterocycles. The van der Waals surface area contributed by atoms with Gasteiger partial charge < -0.3 is 10.4 Å². The summed E-state index contributed by atoms with van der Waals surface area (Å²) in [7, 11) is 0. The average molecular weight is 235 g/mol. The molecule has 3 nitrogen and oxygen atoms in total. The van der Waals surface area contributed by atoms with Crippen LogP contribution in [0.15, 0.2) is 30.3 Å². The largest absolute Gasteiger partial charge is 0.396 e. The van der Waals surface area contributed by atoms with Crippen LogP contribution < -0.4 is 5.32 Å². The summed E-state index contributed by atoms with van der Waals surface area (Å²) in [5.74, 6) is 0.335. The van der Waals surface area contributed by atoms with Crippen molar-refractivity contribution in [2.75, 3.05) is 13.2 Å². The van der Waals surface area contributed by atoms with Crippen LogP contribution in [0.3, 0.4) is 0 Å². The summed E-state index contributed by atoms with van der Waals surface area (Å²) < 4.78 is 0. The van der Waals surface area contributed by atoms with Gasteiger partial charge in [-0.25, -0.2) is 0 Å². The number of aliphatic hydroxyl groups excluding tert-OH is 1. The maximum atomic E-state index is 11.8. The fourth-order valence-electron chi connectivity index (χ4n) is 1.87. The van der Waals surface area contributed by atoms with Gasteiger partial charge in [-0.15, -0.1) is 0 Å². The Hall–Kier alpha value is -1.35. The molecule has 1 rings (SSSR count). The van der Waals surface area contributed by atoms with Crippen LogP contribution in [0.2, 0.25) is 0 Å². The highest BCUT2D eigenvalue weighted by molar-refractivity contribution is 5.94. The molecule has 0 saturated heterocycles. The molecule has 1 aromatic carbocycles. The summed E-state index contributed by atoms with van der Waals surface area (Å²) in [6.07, 6.45) is 2.87. The second kappa shape index (κ2) is 7.85. The number of hydrogen-bond donors (Lipinski definition) is 2. The highest BCUT2D eigenvalue weighted by Gasteiger charge is 2.10. The minimum atomic E-state index is -0.0374. The molecule has 17 heavy (non-hydrogen) atoms. The van der Waals surface area contributed by atoms with Crippen LogP contribution in [0.25, 0.3) is 0 Å². The molecule has 0 spiro atoms. The quantitative estimate of drug-likeness (QED) is 0.761. The lowest BCUT2D eigenvalue weighted by atomic mass is 10.00. The zero-order valence-corrected chi connectivity index (χ0v) is 10.4. The van der Waals surface area contributed by atoms with E-state index in [0.717, 1.165) is 19.3 Å². The van der Waals surface area contributed by atoms with Crippen LogP contribution in [0.4, 0.5) is 0 Å². The van der Waals surface area contributed by atoms with Gasteiger partial charge in [-0.05, 0) is 30.9 Å². The highest BCUT2D eigenvalue weighted by Crippen LogP contribution is 2.09. The molecule has 0 radical (unpaired) electrons. The smallest absolute Gasteiger partial charge is 0.251 e. The van der Waals surface area contributed by atoms with Gasteiger partial charge in [0.05, 0.1) is 0 Å². The van der Waals surface area contributed by atoms with E-state index < -0.39 is 0 Å². The lowest BCUT2D eigenvalue weighted by molar-refractivity contribution is 0.0943. The Morgan fingerprint density at radius 1 is 1.29 bits per heavy atom. The van der Waals surface area contributed by atoms with Gasteiger partial charge in [0, 0.05) is 18.7 Å². The van der Waals surface area contributed by atoms with Crippen LogP contribution >= 0.6 is 0 Å². The zero-order chi connectivity index (χ0) is 12.5. The number of aliphatic hydroxyl groups is 1. The predicted octanol–water partition coefficient (Wildman–Crippen LogP) is 2.22. The van der Waals surface area contributed by atoms with Gasteiger partial charge in [-0.2, -0.15) is 0 Å². The Morgan fingerprint density at radius 2 is 2.00 bits per heavy atom. The summed E-state index contributed by atoms with van der Waals surface area (Å²) in [4.78, 5) is 11.8. The van der Waals surface area contributed by atoms with Gasteiger partial charge in [-0.1, -0.05) is 31.5 Å². The van der Waals surface area contributed by atoms with Crippen molar-refractivity contribution in [3.05, 3.63) is 35.9 Å². The summed E-state index contributed by atoms with van der Waals surface area (Å²) in [6, 6.07) is 9.20. The third-order valence-electron chi connectivity index (χ3n) is 2.82. The maximum Gasteiger partial charge on any atom is 0.251 e. The number of nitrogens with one attached hydrogen (secondary N) is 1. The second-order valence-electron chi connectivity index (χ2n) is 4.24. The number of carbonyl (C=O) groups is 1. The molecule has 0 saturated carbocycles. The molecule has 94 valence electrons. The topological polar surface area (TPSA) is 49.3 Å². The first-order valence-electron chi connectivity index (χ1n) is 6.22. The first-order chi connectivity index (χ1) is 8.27. The number of amides is 1. The van der Waals surface area contributed by atoms with Crippen LogP contribution in [0, 0.1) is 5.92 Å². The summed E-state index contributed by atoms with van der Waals surface area (Å²) in [6.45, 7) is 2.94. The maximum absolute atomic E-state index is 11.8. The summed E-state index contributed by atoms with van der Waals surface area (Å²) in [5, 5.41) is 11.9. The fraction of sp³-hybridized carbons (Fsp3) is 0.500. The van der Waals surface area contributed by atoms with Gasteiger partial charge in [-0.3, -0.25) is 4.79 Å². The average Bonchev–Trinajstić information content (AvgIpc) is 2.37. The minimum Gasteiger partial charge on any atom is -0.396 e. The molecule has 0 bridgehead atoms.